The van der Waals surface area contributed by atoms with Crippen molar-refractivity contribution >= 4 is 11.8 Å². The molecule has 0 aromatic heterocycles. The number of hydrogen-bond acceptors (Lipinski definition) is 4. The van der Waals surface area contributed by atoms with Gasteiger partial charge in [0.2, 0.25) is 0 Å². The van der Waals surface area contributed by atoms with E-state index in [1.807, 2.05) is 11.8 Å². The highest BCUT2D eigenvalue weighted by atomic mass is 32.2. The molecular formula is C9H20N2OS. The van der Waals surface area contributed by atoms with Gasteiger partial charge in [0.1, 0.15) is 0 Å². The van der Waals surface area contributed by atoms with Crippen molar-refractivity contribution in [2.24, 2.45) is 11.8 Å². The lowest BCUT2D eigenvalue weighted by Gasteiger charge is -2.29. The number of thioether (sulfide) groups is 1. The minimum atomic E-state index is 0.483. The maximum atomic E-state index is 5.54. The third kappa shape index (κ3) is 3.85. The molecule has 0 spiro atoms. The highest BCUT2D eigenvalue weighted by Crippen LogP contribution is 2.21. The van der Waals surface area contributed by atoms with E-state index in [9.17, 15) is 0 Å². The molecule has 0 amide bonds. The number of nitrogens with two attached hydrogens (primary N) is 1. The van der Waals surface area contributed by atoms with Crippen molar-refractivity contribution in [1.29, 1.82) is 0 Å². The molecule has 3 nitrogen and oxygen atoms in total. The molecule has 3 N–H and O–H groups in total. The van der Waals surface area contributed by atoms with Crippen LogP contribution in [0.5, 0.6) is 0 Å². The normalized spacial score (nSPS) is 21.7. The summed E-state index contributed by atoms with van der Waals surface area (Å²) >= 11 is 1.88. The number of rotatable bonds is 5. The van der Waals surface area contributed by atoms with E-state index in [1.54, 1.807) is 0 Å². The Balaban J connectivity index is 2.26. The molecule has 78 valence electrons. The highest BCUT2D eigenvalue weighted by molar-refractivity contribution is 7.98. The second-order valence-electron chi connectivity index (χ2n) is 3.50. The quantitative estimate of drug-likeness (QED) is 0.518. The minimum Gasteiger partial charge on any atom is -0.381 e. The molecule has 4 heteroatoms. The molecule has 1 unspecified atom stereocenters. The first-order valence-electron chi connectivity index (χ1n) is 4.91. The second-order valence-corrected chi connectivity index (χ2v) is 4.49. The van der Waals surface area contributed by atoms with Gasteiger partial charge in [-0.3, -0.25) is 11.3 Å². The molecule has 1 rings (SSSR count). The Hall–Kier alpha value is 0.230. The van der Waals surface area contributed by atoms with Gasteiger partial charge in [0.05, 0.1) is 0 Å². The zero-order valence-corrected chi connectivity index (χ0v) is 9.11. The first-order valence-corrected chi connectivity index (χ1v) is 6.30. The number of hydrogen-bond donors (Lipinski definition) is 2. The average Bonchev–Trinajstić information content (AvgIpc) is 2.21. The van der Waals surface area contributed by atoms with Crippen LogP contribution in [0.1, 0.15) is 19.3 Å². The lowest BCUT2D eigenvalue weighted by Crippen LogP contribution is -2.43. The zero-order valence-electron chi connectivity index (χ0n) is 8.29. The number of nitrogens with one attached hydrogen (secondary N) is 1. The Bertz CT molecular complexity index is 129. The van der Waals surface area contributed by atoms with E-state index in [2.05, 4.69) is 11.7 Å². The second kappa shape index (κ2) is 6.65. The van der Waals surface area contributed by atoms with Crippen LogP contribution in [-0.4, -0.2) is 31.3 Å². The molecule has 0 saturated carbocycles. The topological polar surface area (TPSA) is 47.3 Å². The van der Waals surface area contributed by atoms with E-state index >= 15 is 0 Å². The molecule has 1 fully saturated rings. The van der Waals surface area contributed by atoms with Crippen molar-refractivity contribution in [3.05, 3.63) is 0 Å². The summed E-state index contributed by atoms with van der Waals surface area (Å²) < 4.78 is 5.33. The van der Waals surface area contributed by atoms with Crippen LogP contribution in [0.3, 0.4) is 0 Å². The molecule has 1 aliphatic heterocycles. The molecule has 1 aliphatic rings. The average molecular weight is 204 g/mol. The first kappa shape index (κ1) is 11.3. The van der Waals surface area contributed by atoms with Crippen LogP contribution in [0, 0.1) is 5.92 Å². The summed E-state index contributed by atoms with van der Waals surface area (Å²) in [7, 11) is 0. The van der Waals surface area contributed by atoms with Gasteiger partial charge in [-0.15, -0.1) is 0 Å². The molecule has 1 saturated heterocycles. The fourth-order valence-electron chi connectivity index (χ4n) is 1.82. The lowest BCUT2D eigenvalue weighted by atomic mass is 9.91. The van der Waals surface area contributed by atoms with Gasteiger partial charge in [0, 0.05) is 19.3 Å². The third-order valence-corrected chi connectivity index (χ3v) is 3.33. The fourth-order valence-corrected chi connectivity index (χ4v) is 2.31. The van der Waals surface area contributed by atoms with E-state index in [4.69, 9.17) is 10.6 Å². The van der Waals surface area contributed by atoms with Gasteiger partial charge < -0.3 is 4.74 Å². The van der Waals surface area contributed by atoms with Gasteiger partial charge in [-0.2, -0.15) is 11.8 Å². The molecule has 0 bridgehead atoms. The third-order valence-electron chi connectivity index (χ3n) is 2.68. The largest absolute Gasteiger partial charge is 0.381 e. The molecule has 0 aliphatic carbocycles. The van der Waals surface area contributed by atoms with Crippen LogP contribution < -0.4 is 11.3 Å². The van der Waals surface area contributed by atoms with Crippen LogP contribution in [0.25, 0.3) is 0 Å². The standard InChI is InChI=1S/C9H20N2OS/c1-13-7-4-9(11-10)8-2-5-12-6-3-8/h8-9,11H,2-7,10H2,1H3. The van der Waals surface area contributed by atoms with Crippen molar-refractivity contribution in [3.63, 3.8) is 0 Å². The van der Waals surface area contributed by atoms with E-state index in [1.165, 1.54) is 12.2 Å². The summed E-state index contributed by atoms with van der Waals surface area (Å²) in [5, 5.41) is 0. The maximum absolute atomic E-state index is 5.54. The first-order chi connectivity index (χ1) is 6.38. The Kier molecular flexibility index (Phi) is 5.78. The molecule has 0 radical (unpaired) electrons. The van der Waals surface area contributed by atoms with Gasteiger partial charge >= 0.3 is 0 Å². The van der Waals surface area contributed by atoms with Crippen molar-refractivity contribution in [2.45, 2.75) is 25.3 Å². The number of hydrazine groups is 1. The van der Waals surface area contributed by atoms with E-state index in [0.29, 0.717) is 12.0 Å². The molecule has 13 heavy (non-hydrogen) atoms. The summed E-state index contributed by atoms with van der Waals surface area (Å²) in [6, 6.07) is 0.483. The molecule has 0 aromatic rings. The highest BCUT2D eigenvalue weighted by Gasteiger charge is 2.22. The number of ether oxygens (including phenoxy) is 1. The van der Waals surface area contributed by atoms with Gasteiger partial charge in [0.15, 0.2) is 0 Å². The van der Waals surface area contributed by atoms with Gasteiger partial charge in [-0.05, 0) is 37.2 Å². The Morgan fingerprint density at radius 3 is 2.77 bits per heavy atom. The summed E-state index contributed by atoms with van der Waals surface area (Å²) in [6.07, 6.45) is 5.62. The zero-order chi connectivity index (χ0) is 9.52. The van der Waals surface area contributed by atoms with Crippen LogP contribution in [0.15, 0.2) is 0 Å². The van der Waals surface area contributed by atoms with E-state index < -0.39 is 0 Å². The predicted molar refractivity (Wildman–Crippen MR) is 57.7 cm³/mol. The molecular weight excluding hydrogens is 184 g/mol. The summed E-state index contributed by atoms with van der Waals surface area (Å²) in [4.78, 5) is 0. The van der Waals surface area contributed by atoms with Gasteiger partial charge in [-0.25, -0.2) is 0 Å². The fraction of sp³-hybridized carbons (Fsp3) is 1.00. The van der Waals surface area contributed by atoms with Crippen molar-refractivity contribution < 1.29 is 4.74 Å². The van der Waals surface area contributed by atoms with E-state index in [0.717, 1.165) is 26.1 Å². The van der Waals surface area contributed by atoms with E-state index in [-0.39, 0.29) is 0 Å². The molecule has 1 atom stereocenters. The molecule has 1 heterocycles. The molecule has 0 aromatic carbocycles. The monoisotopic (exact) mass is 204 g/mol. The van der Waals surface area contributed by atoms with Crippen LogP contribution in [-0.2, 0) is 4.74 Å². The SMILES string of the molecule is CSCCC(NN)C1CCOCC1. The Labute approximate surface area is 84.7 Å². The van der Waals surface area contributed by atoms with Crippen LogP contribution >= 0.6 is 11.8 Å². The smallest absolute Gasteiger partial charge is 0.0469 e. The van der Waals surface area contributed by atoms with Gasteiger partial charge in [-0.1, -0.05) is 0 Å². The van der Waals surface area contributed by atoms with Crippen LogP contribution in [0.4, 0.5) is 0 Å². The lowest BCUT2D eigenvalue weighted by molar-refractivity contribution is 0.0534. The predicted octanol–water partition coefficient (Wildman–Crippen LogP) is 0.998. The van der Waals surface area contributed by atoms with Crippen molar-refractivity contribution in [3.8, 4) is 0 Å². The van der Waals surface area contributed by atoms with Crippen LogP contribution in [0.2, 0.25) is 0 Å². The summed E-state index contributed by atoms with van der Waals surface area (Å²) in [6.45, 7) is 1.81. The Morgan fingerprint density at radius 2 is 2.23 bits per heavy atom. The van der Waals surface area contributed by atoms with Crippen molar-refractivity contribution in [1.82, 2.24) is 5.43 Å². The summed E-state index contributed by atoms with van der Waals surface area (Å²) in [5.41, 5.74) is 2.94. The minimum absolute atomic E-state index is 0.483. The summed E-state index contributed by atoms with van der Waals surface area (Å²) in [5.74, 6) is 7.44. The Morgan fingerprint density at radius 1 is 1.54 bits per heavy atom. The van der Waals surface area contributed by atoms with Crippen molar-refractivity contribution in [2.75, 3.05) is 25.2 Å². The van der Waals surface area contributed by atoms with Gasteiger partial charge in [0.25, 0.3) is 0 Å². The maximum Gasteiger partial charge on any atom is 0.0469 e.